The highest BCUT2D eigenvalue weighted by Gasteiger charge is 2.05. The van der Waals surface area contributed by atoms with Gasteiger partial charge in [0.05, 0.1) is 0 Å². The smallest absolute Gasteiger partial charge is 0.251 e. The lowest BCUT2D eigenvalue weighted by molar-refractivity contribution is 0.0958. The molecule has 0 aromatic carbocycles. The Morgan fingerprint density at radius 3 is 3.00 bits per heavy atom. The number of rotatable bonds is 8. The second-order valence-electron chi connectivity index (χ2n) is 4.51. The van der Waals surface area contributed by atoms with Gasteiger partial charge in [0.15, 0.2) is 0 Å². The average Bonchev–Trinajstić information content (AvgIpc) is 2.41. The predicted molar refractivity (Wildman–Crippen MR) is 78.4 cm³/mol. The minimum Gasteiger partial charge on any atom is -0.370 e. The lowest BCUT2D eigenvalue weighted by Crippen LogP contribution is -2.23. The number of nitrogens with zero attached hydrogens (tertiary/aromatic N) is 2. The molecule has 104 valence electrons. The van der Waals surface area contributed by atoms with Gasteiger partial charge in [-0.25, -0.2) is 4.98 Å². The molecule has 2 N–H and O–H groups in total. The molecule has 19 heavy (non-hydrogen) atoms. The van der Waals surface area contributed by atoms with Gasteiger partial charge in [-0.05, 0) is 39.2 Å². The van der Waals surface area contributed by atoms with E-state index in [9.17, 15) is 4.79 Å². The molecule has 0 fully saturated rings. The van der Waals surface area contributed by atoms with Crippen LogP contribution < -0.4 is 10.6 Å². The zero-order valence-corrected chi connectivity index (χ0v) is 11.6. The Bertz CT molecular complexity index is 418. The first kappa shape index (κ1) is 15.2. The topological polar surface area (TPSA) is 57.3 Å². The van der Waals surface area contributed by atoms with Crippen molar-refractivity contribution in [2.45, 2.75) is 6.42 Å². The van der Waals surface area contributed by atoms with Gasteiger partial charge in [-0.2, -0.15) is 0 Å². The van der Waals surface area contributed by atoms with E-state index >= 15 is 0 Å². The summed E-state index contributed by atoms with van der Waals surface area (Å²) in [6.45, 7) is 5.89. The molecule has 0 radical (unpaired) electrons. The van der Waals surface area contributed by atoms with Gasteiger partial charge in [0.25, 0.3) is 5.91 Å². The summed E-state index contributed by atoms with van der Waals surface area (Å²) in [5.74, 6) is 0.614. The van der Waals surface area contributed by atoms with Crippen LogP contribution >= 0.6 is 0 Å². The Hall–Kier alpha value is -1.88. The van der Waals surface area contributed by atoms with Crippen molar-refractivity contribution in [2.24, 2.45) is 0 Å². The molecule has 5 nitrogen and oxygen atoms in total. The molecule has 1 aromatic rings. The van der Waals surface area contributed by atoms with Crippen LogP contribution in [-0.4, -0.2) is 49.5 Å². The SMILES string of the molecule is C=CCNC(=O)c1ccnc(NCCCN(C)C)c1. The number of anilines is 1. The van der Waals surface area contributed by atoms with Gasteiger partial charge in [0, 0.05) is 24.8 Å². The minimum absolute atomic E-state index is 0.112. The maximum atomic E-state index is 11.8. The Balaban J connectivity index is 2.47. The predicted octanol–water partition coefficient (Wildman–Crippen LogP) is 1.36. The first-order valence-corrected chi connectivity index (χ1v) is 6.37. The third kappa shape index (κ3) is 6.01. The molecule has 0 saturated heterocycles. The zero-order valence-electron chi connectivity index (χ0n) is 11.6. The van der Waals surface area contributed by atoms with Gasteiger partial charge in [-0.1, -0.05) is 6.08 Å². The molecule has 0 unspecified atom stereocenters. The van der Waals surface area contributed by atoms with E-state index in [1.807, 2.05) is 14.1 Å². The quantitative estimate of drug-likeness (QED) is 0.548. The van der Waals surface area contributed by atoms with Crippen molar-refractivity contribution in [1.29, 1.82) is 0 Å². The lowest BCUT2D eigenvalue weighted by atomic mass is 10.2. The largest absolute Gasteiger partial charge is 0.370 e. The summed E-state index contributed by atoms with van der Waals surface area (Å²) in [4.78, 5) is 18.1. The Labute approximate surface area is 114 Å². The number of hydrogen-bond acceptors (Lipinski definition) is 4. The van der Waals surface area contributed by atoms with Crippen molar-refractivity contribution in [3.05, 3.63) is 36.5 Å². The molecular weight excluding hydrogens is 240 g/mol. The van der Waals surface area contributed by atoms with Gasteiger partial charge in [-0.15, -0.1) is 6.58 Å². The molecule has 0 aliphatic rings. The van der Waals surface area contributed by atoms with Crippen LogP contribution in [0.4, 0.5) is 5.82 Å². The lowest BCUT2D eigenvalue weighted by Gasteiger charge is -2.10. The summed E-state index contributed by atoms with van der Waals surface area (Å²) < 4.78 is 0. The molecular formula is C14H22N4O. The molecule has 1 heterocycles. The third-order valence-electron chi connectivity index (χ3n) is 2.52. The first-order valence-electron chi connectivity index (χ1n) is 6.37. The van der Waals surface area contributed by atoms with E-state index < -0.39 is 0 Å². The number of carbonyl (C=O) groups excluding carboxylic acids is 1. The zero-order chi connectivity index (χ0) is 14.1. The van der Waals surface area contributed by atoms with E-state index in [0.29, 0.717) is 12.1 Å². The number of aromatic nitrogens is 1. The molecule has 1 rings (SSSR count). The second kappa shape index (κ2) is 8.26. The number of nitrogens with one attached hydrogen (secondary N) is 2. The number of amides is 1. The highest BCUT2D eigenvalue weighted by Crippen LogP contribution is 2.06. The van der Waals surface area contributed by atoms with Gasteiger partial charge in [0.2, 0.25) is 0 Å². The van der Waals surface area contributed by atoms with Crippen molar-refractivity contribution in [3.8, 4) is 0 Å². The number of hydrogen-bond donors (Lipinski definition) is 2. The van der Waals surface area contributed by atoms with Crippen LogP contribution in [0.25, 0.3) is 0 Å². The van der Waals surface area contributed by atoms with E-state index in [0.717, 1.165) is 25.3 Å². The summed E-state index contributed by atoms with van der Waals surface area (Å²) in [6.07, 6.45) is 4.32. The van der Waals surface area contributed by atoms with Crippen LogP contribution in [0.3, 0.4) is 0 Å². The standard InChI is InChI=1S/C14H22N4O/c1-4-7-17-14(19)12-6-9-16-13(11-12)15-8-5-10-18(2)3/h4,6,9,11H,1,5,7-8,10H2,2-3H3,(H,15,16)(H,17,19). The van der Waals surface area contributed by atoms with Gasteiger partial charge in [-0.3, -0.25) is 4.79 Å². The van der Waals surface area contributed by atoms with E-state index in [-0.39, 0.29) is 5.91 Å². The fourth-order valence-electron chi connectivity index (χ4n) is 1.55. The summed E-state index contributed by atoms with van der Waals surface area (Å²) in [5, 5.41) is 5.95. The van der Waals surface area contributed by atoms with E-state index in [1.54, 1.807) is 24.4 Å². The molecule has 0 bridgehead atoms. The first-order chi connectivity index (χ1) is 9.13. The summed E-state index contributed by atoms with van der Waals surface area (Å²) in [5.41, 5.74) is 0.604. The highest BCUT2D eigenvalue weighted by atomic mass is 16.1. The number of carbonyl (C=O) groups is 1. The van der Waals surface area contributed by atoms with Crippen molar-refractivity contribution in [2.75, 3.05) is 39.0 Å². The van der Waals surface area contributed by atoms with Crippen LogP contribution in [-0.2, 0) is 0 Å². The van der Waals surface area contributed by atoms with E-state index in [1.165, 1.54) is 0 Å². The van der Waals surface area contributed by atoms with Crippen LogP contribution in [0.2, 0.25) is 0 Å². The summed E-state index contributed by atoms with van der Waals surface area (Å²) >= 11 is 0. The maximum absolute atomic E-state index is 11.8. The Kier molecular flexibility index (Phi) is 6.60. The average molecular weight is 262 g/mol. The molecule has 0 saturated carbocycles. The van der Waals surface area contributed by atoms with Crippen LogP contribution in [0.1, 0.15) is 16.8 Å². The van der Waals surface area contributed by atoms with Gasteiger partial charge in [0.1, 0.15) is 5.82 Å². The fraction of sp³-hybridized carbons (Fsp3) is 0.429. The van der Waals surface area contributed by atoms with Crippen LogP contribution in [0, 0.1) is 0 Å². The number of pyridine rings is 1. The molecule has 5 heteroatoms. The normalized spacial score (nSPS) is 10.3. The van der Waals surface area contributed by atoms with Gasteiger partial charge >= 0.3 is 0 Å². The minimum atomic E-state index is -0.112. The molecule has 1 aromatic heterocycles. The highest BCUT2D eigenvalue weighted by molar-refractivity contribution is 5.94. The van der Waals surface area contributed by atoms with Crippen molar-refractivity contribution < 1.29 is 4.79 Å². The molecule has 0 aliphatic carbocycles. The Morgan fingerprint density at radius 1 is 1.53 bits per heavy atom. The molecule has 0 spiro atoms. The monoisotopic (exact) mass is 262 g/mol. The Morgan fingerprint density at radius 2 is 2.32 bits per heavy atom. The maximum Gasteiger partial charge on any atom is 0.251 e. The molecule has 1 amide bonds. The third-order valence-corrected chi connectivity index (χ3v) is 2.52. The summed E-state index contributed by atoms with van der Waals surface area (Å²) in [6, 6.07) is 3.46. The van der Waals surface area contributed by atoms with Crippen LogP contribution in [0.15, 0.2) is 31.0 Å². The van der Waals surface area contributed by atoms with Crippen LogP contribution in [0.5, 0.6) is 0 Å². The van der Waals surface area contributed by atoms with Crippen molar-refractivity contribution in [1.82, 2.24) is 15.2 Å². The van der Waals surface area contributed by atoms with E-state index in [2.05, 4.69) is 27.1 Å². The molecule has 0 aliphatic heterocycles. The van der Waals surface area contributed by atoms with E-state index in [4.69, 9.17) is 0 Å². The fourth-order valence-corrected chi connectivity index (χ4v) is 1.55. The summed E-state index contributed by atoms with van der Waals surface area (Å²) in [7, 11) is 4.09. The van der Waals surface area contributed by atoms with Crippen molar-refractivity contribution in [3.63, 3.8) is 0 Å². The second-order valence-corrected chi connectivity index (χ2v) is 4.51. The molecule has 0 atom stereocenters. The van der Waals surface area contributed by atoms with Crippen molar-refractivity contribution >= 4 is 11.7 Å². The van der Waals surface area contributed by atoms with Gasteiger partial charge < -0.3 is 15.5 Å².